The molecule has 0 bridgehead atoms. The second-order valence-electron chi connectivity index (χ2n) is 5.72. The Balaban J connectivity index is 2.09. The van der Waals surface area contributed by atoms with E-state index in [0.717, 1.165) is 20.9 Å². The minimum Gasteiger partial charge on any atom is -0.473 e. The van der Waals surface area contributed by atoms with E-state index < -0.39 is 0 Å². The topological polar surface area (TPSA) is 39.4 Å². The maximum atomic E-state index is 12.8. The number of aryl methyl sites for hydroxylation is 1. The maximum Gasteiger partial charge on any atom is 0.235 e. The number of hydrogen-bond donors (Lipinski definition) is 0. The lowest BCUT2D eigenvalue weighted by Crippen LogP contribution is -2.19. The quantitative estimate of drug-likeness (QED) is 0.548. The van der Waals surface area contributed by atoms with Crippen molar-refractivity contribution in [2.24, 2.45) is 0 Å². The second kappa shape index (κ2) is 4.98. The summed E-state index contributed by atoms with van der Waals surface area (Å²) in [5.74, 6) is 0.734. The number of halogens is 1. The first kappa shape index (κ1) is 14.5. The van der Waals surface area contributed by atoms with Gasteiger partial charge in [0.25, 0.3) is 0 Å². The van der Waals surface area contributed by atoms with Gasteiger partial charge in [0.15, 0.2) is 5.76 Å². The molecule has 0 fully saturated rings. The van der Waals surface area contributed by atoms with Gasteiger partial charge in [-0.3, -0.25) is 4.79 Å². The zero-order chi connectivity index (χ0) is 16.3. The molecule has 116 valence electrons. The third-order valence-corrected chi connectivity index (χ3v) is 5.17. The van der Waals surface area contributed by atoms with E-state index in [1.807, 2.05) is 13.8 Å². The highest BCUT2D eigenvalue weighted by atomic mass is 35.5. The standard InChI is InChI=1S/C18H13ClO3S/c1-8(2)15-12-6-9(3)23-18(12)17-16(22-15)14(20)11-7-10(19)4-5-13(11)21-17/h4-7,15H,1H2,2-3H3. The average molecular weight is 345 g/mol. The normalized spacial score (nSPS) is 15.9. The molecular formula is C18H13ClO3S. The van der Waals surface area contributed by atoms with Crippen molar-refractivity contribution in [2.45, 2.75) is 20.0 Å². The molecule has 3 nitrogen and oxygen atoms in total. The molecule has 0 radical (unpaired) electrons. The van der Waals surface area contributed by atoms with Gasteiger partial charge in [-0.2, -0.15) is 0 Å². The van der Waals surface area contributed by atoms with Gasteiger partial charge in [-0.25, -0.2) is 0 Å². The maximum absolute atomic E-state index is 12.8. The van der Waals surface area contributed by atoms with Gasteiger partial charge < -0.3 is 9.15 Å². The van der Waals surface area contributed by atoms with Crippen LogP contribution in [0.1, 0.15) is 23.5 Å². The Labute approximate surface area is 141 Å². The van der Waals surface area contributed by atoms with E-state index in [9.17, 15) is 4.79 Å². The monoisotopic (exact) mass is 344 g/mol. The molecule has 0 spiro atoms. The minimum atomic E-state index is -0.331. The van der Waals surface area contributed by atoms with E-state index >= 15 is 0 Å². The number of benzene rings is 1. The van der Waals surface area contributed by atoms with E-state index in [4.69, 9.17) is 20.8 Å². The summed E-state index contributed by atoms with van der Waals surface area (Å²) in [6.45, 7) is 7.91. The Morgan fingerprint density at radius 3 is 2.87 bits per heavy atom. The summed E-state index contributed by atoms with van der Waals surface area (Å²) in [5, 5.41) is 0.915. The van der Waals surface area contributed by atoms with Crippen molar-refractivity contribution in [3.63, 3.8) is 0 Å². The number of fused-ring (bicyclic) bond motifs is 4. The summed E-state index contributed by atoms with van der Waals surface area (Å²) in [4.78, 5) is 14.9. The van der Waals surface area contributed by atoms with Gasteiger partial charge in [-0.15, -0.1) is 11.3 Å². The Kier molecular flexibility index (Phi) is 3.15. The molecule has 2 aromatic heterocycles. The van der Waals surface area contributed by atoms with E-state index in [1.54, 1.807) is 29.5 Å². The lowest BCUT2D eigenvalue weighted by Gasteiger charge is -2.25. The van der Waals surface area contributed by atoms with Crippen LogP contribution in [0.15, 0.2) is 45.6 Å². The van der Waals surface area contributed by atoms with Gasteiger partial charge in [0, 0.05) is 15.5 Å². The molecule has 3 heterocycles. The molecule has 0 saturated carbocycles. The molecule has 0 amide bonds. The summed E-state index contributed by atoms with van der Waals surface area (Å²) < 4.78 is 12.0. The van der Waals surface area contributed by atoms with Crippen LogP contribution in [0.5, 0.6) is 5.75 Å². The molecule has 1 aliphatic rings. The van der Waals surface area contributed by atoms with Gasteiger partial charge in [-0.1, -0.05) is 18.2 Å². The Hall–Kier alpha value is -2.04. The Bertz CT molecular complexity index is 1030. The molecule has 0 saturated heterocycles. The van der Waals surface area contributed by atoms with Crippen LogP contribution in [0.25, 0.3) is 21.6 Å². The van der Waals surface area contributed by atoms with Crippen LogP contribution in [0.2, 0.25) is 5.02 Å². The third-order valence-electron chi connectivity index (χ3n) is 3.87. The number of rotatable bonds is 1. The minimum absolute atomic E-state index is 0.202. The highest BCUT2D eigenvalue weighted by molar-refractivity contribution is 7.15. The molecule has 0 N–H and O–H groups in total. The molecule has 23 heavy (non-hydrogen) atoms. The van der Waals surface area contributed by atoms with Gasteiger partial charge in [0.05, 0.1) is 10.3 Å². The second-order valence-corrected chi connectivity index (χ2v) is 7.41. The number of ether oxygens (including phenoxy) is 1. The van der Waals surface area contributed by atoms with Crippen LogP contribution in [-0.4, -0.2) is 0 Å². The van der Waals surface area contributed by atoms with Gasteiger partial charge in [0.2, 0.25) is 11.2 Å². The first-order chi connectivity index (χ1) is 11.0. The van der Waals surface area contributed by atoms with Crippen molar-refractivity contribution in [2.75, 3.05) is 0 Å². The zero-order valence-corrected chi connectivity index (χ0v) is 14.2. The van der Waals surface area contributed by atoms with Gasteiger partial charge in [-0.05, 0) is 43.7 Å². The number of hydrogen-bond acceptors (Lipinski definition) is 4. The summed E-state index contributed by atoms with van der Waals surface area (Å²) in [5.41, 5.74) is 2.16. The molecule has 1 unspecified atom stereocenters. The predicted octanol–water partition coefficient (Wildman–Crippen LogP) is 5.49. The van der Waals surface area contributed by atoms with Crippen LogP contribution in [0.4, 0.5) is 0 Å². The Morgan fingerprint density at radius 1 is 1.35 bits per heavy atom. The van der Waals surface area contributed by atoms with Crippen LogP contribution in [0, 0.1) is 6.92 Å². The molecule has 1 aromatic carbocycles. The van der Waals surface area contributed by atoms with Crippen LogP contribution < -0.4 is 10.2 Å². The zero-order valence-electron chi connectivity index (χ0n) is 12.6. The fraction of sp³-hybridized carbons (Fsp3) is 0.167. The summed E-state index contributed by atoms with van der Waals surface area (Å²) in [6, 6.07) is 7.09. The van der Waals surface area contributed by atoms with Crippen molar-refractivity contribution in [1.29, 1.82) is 0 Å². The number of thiophene rings is 1. The highest BCUT2D eigenvalue weighted by Crippen LogP contribution is 2.47. The lowest BCUT2D eigenvalue weighted by atomic mass is 10.00. The highest BCUT2D eigenvalue weighted by Gasteiger charge is 2.33. The van der Waals surface area contributed by atoms with Crippen molar-refractivity contribution < 1.29 is 9.15 Å². The summed E-state index contributed by atoms with van der Waals surface area (Å²) in [6.07, 6.45) is -0.331. The van der Waals surface area contributed by atoms with Gasteiger partial charge >= 0.3 is 0 Å². The van der Waals surface area contributed by atoms with E-state index in [1.165, 1.54) is 0 Å². The van der Waals surface area contributed by atoms with Crippen LogP contribution in [-0.2, 0) is 0 Å². The predicted molar refractivity (Wildman–Crippen MR) is 93.7 cm³/mol. The molecule has 3 aromatic rings. The first-order valence-electron chi connectivity index (χ1n) is 7.15. The first-order valence-corrected chi connectivity index (χ1v) is 8.34. The van der Waals surface area contributed by atoms with Gasteiger partial charge in [0.1, 0.15) is 11.7 Å². The van der Waals surface area contributed by atoms with Crippen LogP contribution in [0.3, 0.4) is 0 Å². The van der Waals surface area contributed by atoms with Crippen molar-refractivity contribution in [3.05, 3.63) is 62.1 Å². The fourth-order valence-electron chi connectivity index (χ4n) is 2.86. The largest absolute Gasteiger partial charge is 0.473 e. The molecule has 4 rings (SSSR count). The van der Waals surface area contributed by atoms with E-state index in [0.29, 0.717) is 21.8 Å². The Morgan fingerprint density at radius 2 is 2.13 bits per heavy atom. The molecule has 0 aliphatic carbocycles. The smallest absolute Gasteiger partial charge is 0.235 e. The van der Waals surface area contributed by atoms with E-state index in [-0.39, 0.29) is 17.3 Å². The molecule has 1 atom stereocenters. The summed E-state index contributed by atoms with van der Waals surface area (Å²) in [7, 11) is 0. The average Bonchev–Trinajstić information content (AvgIpc) is 2.89. The van der Waals surface area contributed by atoms with Crippen molar-refractivity contribution in [1.82, 2.24) is 0 Å². The lowest BCUT2D eigenvalue weighted by molar-refractivity contribution is 0.231. The SMILES string of the molecule is C=C(C)C1Oc2c(oc3ccc(Cl)cc3c2=O)-c2sc(C)cc21. The van der Waals surface area contributed by atoms with Crippen LogP contribution >= 0.6 is 22.9 Å². The van der Waals surface area contributed by atoms with Crippen molar-refractivity contribution in [3.8, 4) is 16.4 Å². The molecule has 5 heteroatoms. The van der Waals surface area contributed by atoms with E-state index in [2.05, 4.69) is 12.6 Å². The van der Waals surface area contributed by atoms with Crippen molar-refractivity contribution >= 4 is 33.9 Å². The fourth-order valence-corrected chi connectivity index (χ4v) is 4.05. The molecule has 1 aliphatic heterocycles. The summed E-state index contributed by atoms with van der Waals surface area (Å²) >= 11 is 7.60. The molecular weight excluding hydrogens is 332 g/mol. The third kappa shape index (κ3) is 2.13.